The van der Waals surface area contributed by atoms with Crippen molar-refractivity contribution in [2.75, 3.05) is 13.1 Å². The molecule has 1 aliphatic carbocycles. The Kier molecular flexibility index (Phi) is 16.3. The van der Waals surface area contributed by atoms with Gasteiger partial charge in [0.25, 0.3) is 5.91 Å². The van der Waals surface area contributed by atoms with Crippen LogP contribution in [0.15, 0.2) is 54.6 Å². The number of Topliss-reactive ketones (excluding diaryl/α,β-unsaturated/α-hetero) is 1. The summed E-state index contributed by atoms with van der Waals surface area (Å²) in [6, 6.07) is 11.0. The van der Waals surface area contributed by atoms with Crippen molar-refractivity contribution in [3.63, 3.8) is 0 Å². The highest BCUT2D eigenvalue weighted by atomic mass is 16.2. The lowest BCUT2D eigenvalue weighted by Crippen LogP contribution is -2.58. The molecule has 2 heterocycles. The van der Waals surface area contributed by atoms with Crippen LogP contribution in [0.3, 0.4) is 0 Å². The average Bonchev–Trinajstić information content (AvgIpc) is 3.17. The number of hydrogen-bond acceptors (Lipinski definition) is 8. The van der Waals surface area contributed by atoms with Gasteiger partial charge in [-0.05, 0) is 61.1 Å². The van der Waals surface area contributed by atoms with Crippen molar-refractivity contribution >= 4 is 47.1 Å². The van der Waals surface area contributed by atoms with Gasteiger partial charge < -0.3 is 37.6 Å². The summed E-state index contributed by atoms with van der Waals surface area (Å²) in [5, 5.41) is 16.0. The van der Waals surface area contributed by atoms with Crippen molar-refractivity contribution in [1.82, 2.24) is 31.9 Å². The molecular formula is C40H53N7O8. The third-order valence-corrected chi connectivity index (χ3v) is 9.91. The first kappa shape index (κ1) is 42.1. The van der Waals surface area contributed by atoms with Crippen LogP contribution < -0.4 is 37.6 Å². The highest BCUT2D eigenvalue weighted by molar-refractivity contribution is 6.38. The van der Waals surface area contributed by atoms with Crippen molar-refractivity contribution in [1.29, 1.82) is 0 Å². The SMILES string of the molecule is CCCC(NC(=O)[C@@H]1CCCCNC(=O)Cc2ccc(cc2)CC(=O)N[C@@H](C2CCCCC2)C(=O)N1)C(=O)C(=O)NCC(=O)N[C@H](C(N)=O)c1ccccc1. The van der Waals surface area contributed by atoms with Gasteiger partial charge in [-0.15, -0.1) is 0 Å². The molecular weight excluding hydrogens is 706 g/mol. The molecule has 1 fully saturated rings. The van der Waals surface area contributed by atoms with Crippen LogP contribution in [-0.2, 0) is 51.2 Å². The largest absolute Gasteiger partial charge is 0.368 e. The van der Waals surface area contributed by atoms with Crippen molar-refractivity contribution in [3.05, 3.63) is 71.3 Å². The smallest absolute Gasteiger partial charge is 0.290 e. The molecule has 15 nitrogen and oxygen atoms in total. The van der Waals surface area contributed by atoms with Crippen LogP contribution in [-0.4, -0.2) is 78.3 Å². The highest BCUT2D eigenvalue weighted by Gasteiger charge is 2.35. The predicted molar refractivity (Wildman–Crippen MR) is 203 cm³/mol. The van der Waals surface area contributed by atoms with Crippen LogP contribution >= 0.6 is 0 Å². The number of nitrogens with two attached hydrogens (primary N) is 1. The topological polar surface area (TPSA) is 235 Å². The minimum absolute atomic E-state index is 0.0240. The summed E-state index contributed by atoms with van der Waals surface area (Å²) in [4.78, 5) is 105. The first-order chi connectivity index (χ1) is 26.4. The Balaban J connectivity index is 1.45. The van der Waals surface area contributed by atoms with Crippen molar-refractivity contribution < 1.29 is 38.4 Å². The van der Waals surface area contributed by atoms with Gasteiger partial charge in [0, 0.05) is 6.54 Å². The van der Waals surface area contributed by atoms with E-state index in [0.717, 1.165) is 43.2 Å². The quantitative estimate of drug-likeness (QED) is 0.154. The molecule has 2 aromatic rings. The van der Waals surface area contributed by atoms with Crippen LogP contribution in [0, 0.1) is 5.92 Å². The fourth-order valence-electron chi connectivity index (χ4n) is 6.94. The average molecular weight is 760 g/mol. The van der Waals surface area contributed by atoms with E-state index in [1.165, 1.54) is 0 Å². The Morgan fingerprint density at radius 3 is 2.05 bits per heavy atom. The minimum atomic E-state index is -1.27. The fraction of sp³-hybridized carbons (Fsp3) is 0.500. The van der Waals surface area contributed by atoms with E-state index in [4.69, 9.17) is 5.73 Å². The normalized spacial score (nSPS) is 19.9. The molecule has 1 unspecified atom stereocenters. The molecule has 296 valence electrons. The van der Waals surface area contributed by atoms with E-state index in [1.54, 1.807) is 49.4 Å². The highest BCUT2D eigenvalue weighted by Crippen LogP contribution is 2.27. The third-order valence-electron chi connectivity index (χ3n) is 9.91. The maximum atomic E-state index is 14.0. The molecule has 1 saturated carbocycles. The molecule has 4 atom stereocenters. The number of carbonyl (C=O) groups is 8. The fourth-order valence-corrected chi connectivity index (χ4v) is 6.94. The lowest BCUT2D eigenvalue weighted by atomic mass is 9.83. The monoisotopic (exact) mass is 759 g/mol. The zero-order valence-electron chi connectivity index (χ0n) is 31.3. The second kappa shape index (κ2) is 21.3. The lowest BCUT2D eigenvalue weighted by Gasteiger charge is -2.31. The Morgan fingerprint density at radius 2 is 1.42 bits per heavy atom. The number of hydrogen-bond donors (Lipinski definition) is 7. The summed E-state index contributed by atoms with van der Waals surface area (Å²) in [5.41, 5.74) is 7.42. The molecule has 2 aliphatic heterocycles. The molecule has 0 radical (unpaired) electrons. The van der Waals surface area contributed by atoms with Crippen molar-refractivity contribution in [2.24, 2.45) is 11.7 Å². The van der Waals surface area contributed by atoms with Gasteiger partial charge in [-0.2, -0.15) is 0 Å². The van der Waals surface area contributed by atoms with Gasteiger partial charge >= 0.3 is 0 Å². The maximum Gasteiger partial charge on any atom is 0.290 e. The Labute approximate surface area is 321 Å². The molecule has 0 aromatic heterocycles. The van der Waals surface area contributed by atoms with Gasteiger partial charge in [-0.3, -0.25) is 38.4 Å². The van der Waals surface area contributed by atoms with E-state index in [2.05, 4.69) is 31.9 Å². The number of primary amides is 1. The summed E-state index contributed by atoms with van der Waals surface area (Å²) < 4.78 is 0. The Morgan fingerprint density at radius 1 is 0.782 bits per heavy atom. The molecule has 0 saturated heterocycles. The molecule has 15 heteroatoms. The second-order valence-corrected chi connectivity index (χ2v) is 14.2. The molecule has 3 aliphatic rings. The first-order valence-corrected chi connectivity index (χ1v) is 19.2. The van der Waals surface area contributed by atoms with Gasteiger partial charge in [0.1, 0.15) is 18.1 Å². The summed E-state index contributed by atoms with van der Waals surface area (Å²) >= 11 is 0. The molecule has 2 aromatic carbocycles. The summed E-state index contributed by atoms with van der Waals surface area (Å²) in [6.07, 6.45) is 6.09. The van der Waals surface area contributed by atoms with E-state index in [9.17, 15) is 38.4 Å². The maximum absolute atomic E-state index is 14.0. The van der Waals surface area contributed by atoms with Gasteiger partial charge in [0.15, 0.2) is 0 Å². The van der Waals surface area contributed by atoms with Gasteiger partial charge in [0.05, 0.1) is 25.4 Å². The molecule has 5 rings (SSSR count). The van der Waals surface area contributed by atoms with Crippen LogP contribution in [0.2, 0.25) is 0 Å². The van der Waals surface area contributed by atoms with Gasteiger partial charge in [0.2, 0.25) is 41.2 Å². The number of rotatable bonds is 12. The lowest BCUT2D eigenvalue weighted by molar-refractivity contribution is -0.141. The number of ketones is 1. The number of nitrogens with one attached hydrogen (secondary N) is 6. The standard InChI is InChI=1S/C40H53N7O8/c1-2-11-29(36(51)40(55)43-24-33(50)47-34(37(41)52)27-12-5-3-6-13-27)44-38(53)30-16-9-10-21-42-31(48)22-25-17-19-26(20-18-25)23-32(49)46-35(39(54)45-30)28-14-7-4-8-15-28/h3,5-6,12-13,17-20,28-30,34-35H,2,4,7-11,14-16,21-24H2,1H3,(H2,41,52)(H,42,48)(H,43,55)(H,44,53)(H,45,54)(H,46,49)(H,47,50)/t29?,30-,34-,35-/m0/s1. The zero-order valence-corrected chi connectivity index (χ0v) is 31.3. The molecule has 55 heavy (non-hydrogen) atoms. The number of benzene rings is 2. The van der Waals surface area contributed by atoms with E-state index in [0.29, 0.717) is 31.4 Å². The Hall–Kier alpha value is -5.60. The molecule has 8 N–H and O–H groups in total. The minimum Gasteiger partial charge on any atom is -0.368 e. The van der Waals surface area contributed by atoms with E-state index in [1.807, 2.05) is 12.1 Å². The van der Waals surface area contributed by atoms with E-state index in [-0.39, 0.29) is 43.4 Å². The predicted octanol–water partition coefficient (Wildman–Crippen LogP) is 0.935. The third kappa shape index (κ3) is 13.3. The summed E-state index contributed by atoms with van der Waals surface area (Å²) in [5.74, 6) is -5.56. The van der Waals surface area contributed by atoms with Crippen molar-refractivity contribution in [2.45, 2.75) is 108 Å². The van der Waals surface area contributed by atoms with Crippen molar-refractivity contribution in [3.8, 4) is 0 Å². The second-order valence-electron chi connectivity index (χ2n) is 14.2. The summed E-state index contributed by atoms with van der Waals surface area (Å²) in [7, 11) is 0. The molecule has 2 bridgehead atoms. The van der Waals surface area contributed by atoms with Crippen LogP contribution in [0.25, 0.3) is 0 Å². The molecule has 0 spiro atoms. The summed E-state index contributed by atoms with van der Waals surface area (Å²) in [6.45, 7) is 1.47. The van der Waals surface area contributed by atoms with E-state index < -0.39 is 66.0 Å². The first-order valence-electron chi connectivity index (χ1n) is 19.2. The van der Waals surface area contributed by atoms with Crippen LogP contribution in [0.1, 0.15) is 93.9 Å². The number of carbonyl (C=O) groups excluding carboxylic acids is 8. The van der Waals surface area contributed by atoms with Gasteiger partial charge in [-0.25, -0.2) is 0 Å². The van der Waals surface area contributed by atoms with Crippen LogP contribution in [0.4, 0.5) is 0 Å². The van der Waals surface area contributed by atoms with Crippen LogP contribution in [0.5, 0.6) is 0 Å². The van der Waals surface area contributed by atoms with Gasteiger partial charge in [-0.1, -0.05) is 87.2 Å². The van der Waals surface area contributed by atoms with E-state index >= 15 is 0 Å². The Bertz CT molecular complexity index is 1680. The number of amides is 7. The zero-order chi connectivity index (χ0) is 39.7. The molecule has 7 amide bonds. The number of fused-ring (bicyclic) bond motifs is 15.